The monoisotopic (exact) mass is 493 g/mol. The highest BCUT2D eigenvalue weighted by molar-refractivity contribution is 6.04. The van der Waals surface area contributed by atoms with Crippen molar-refractivity contribution < 1.29 is 19.4 Å². The number of aromatic nitrogens is 1. The summed E-state index contributed by atoms with van der Waals surface area (Å²) in [5.74, 6) is -0.799. The minimum Gasteiger partial charge on any atom is -0.391 e. The van der Waals surface area contributed by atoms with Gasteiger partial charge in [0.1, 0.15) is 12.1 Å². The van der Waals surface area contributed by atoms with Gasteiger partial charge in [-0.1, -0.05) is 39.0 Å². The number of nitrogens with zero attached hydrogens (tertiary/aromatic N) is 4. The van der Waals surface area contributed by atoms with Crippen LogP contribution in [0.2, 0.25) is 0 Å². The molecule has 0 saturated carbocycles. The molecule has 0 aliphatic carbocycles. The molecule has 192 valence electrons. The van der Waals surface area contributed by atoms with E-state index in [1.807, 2.05) is 30.5 Å². The number of pyridine rings is 1. The molecule has 36 heavy (non-hydrogen) atoms. The van der Waals surface area contributed by atoms with Crippen LogP contribution in [0.5, 0.6) is 0 Å². The van der Waals surface area contributed by atoms with Crippen LogP contribution in [0.15, 0.2) is 48.8 Å². The summed E-state index contributed by atoms with van der Waals surface area (Å²) in [6.07, 6.45) is 5.11. The van der Waals surface area contributed by atoms with Gasteiger partial charge in [-0.3, -0.25) is 24.4 Å². The number of likely N-dealkylation sites (tertiary alicyclic amines) is 1. The van der Waals surface area contributed by atoms with E-state index in [0.29, 0.717) is 30.8 Å². The third-order valence-corrected chi connectivity index (χ3v) is 6.27. The molecule has 9 heteroatoms. The molecular weight excluding hydrogens is 458 g/mol. The molecule has 0 radical (unpaired) electrons. The topological polar surface area (TPSA) is 119 Å². The van der Waals surface area contributed by atoms with Gasteiger partial charge in [-0.05, 0) is 35.6 Å². The van der Waals surface area contributed by atoms with Gasteiger partial charge < -0.3 is 15.2 Å². The van der Waals surface area contributed by atoms with Crippen molar-refractivity contribution in [3.63, 3.8) is 0 Å². The number of aliphatic hydroxyl groups excluding tert-OH is 1. The lowest BCUT2D eigenvalue weighted by molar-refractivity contribution is -0.128. The van der Waals surface area contributed by atoms with Crippen molar-refractivity contribution in [2.45, 2.75) is 57.2 Å². The quantitative estimate of drug-likeness (QED) is 0.407. The summed E-state index contributed by atoms with van der Waals surface area (Å²) in [4.78, 5) is 34.5. The van der Waals surface area contributed by atoms with Crippen LogP contribution in [0.3, 0.4) is 0 Å². The molecular formula is C27H35N5O4. The van der Waals surface area contributed by atoms with E-state index in [2.05, 4.69) is 31.1 Å². The molecule has 2 N–H and O–H groups in total. The number of anilines is 1. The highest BCUT2D eigenvalue weighted by Crippen LogP contribution is 2.33. The zero-order valence-corrected chi connectivity index (χ0v) is 21.3. The second-order valence-corrected chi connectivity index (χ2v) is 9.99. The Labute approximate surface area is 212 Å². The predicted molar refractivity (Wildman–Crippen MR) is 136 cm³/mol. The highest BCUT2D eigenvalue weighted by Gasteiger charge is 2.42. The summed E-state index contributed by atoms with van der Waals surface area (Å²) in [5.41, 5.74) is 2.04. The first kappa shape index (κ1) is 27.1. The maximum atomic E-state index is 14.0. The van der Waals surface area contributed by atoms with Gasteiger partial charge in [0, 0.05) is 50.3 Å². The Kier molecular flexibility index (Phi) is 9.02. The van der Waals surface area contributed by atoms with Gasteiger partial charge in [0.2, 0.25) is 5.91 Å². The molecule has 1 saturated heterocycles. The van der Waals surface area contributed by atoms with Crippen molar-refractivity contribution in [3.8, 4) is 6.19 Å². The summed E-state index contributed by atoms with van der Waals surface area (Å²) in [6.45, 7) is 7.24. The predicted octanol–water partition coefficient (Wildman–Crippen LogP) is 2.52. The van der Waals surface area contributed by atoms with Gasteiger partial charge in [0.15, 0.2) is 6.19 Å². The lowest BCUT2D eigenvalue weighted by Crippen LogP contribution is -2.50. The summed E-state index contributed by atoms with van der Waals surface area (Å²) < 4.78 is 5.08. The van der Waals surface area contributed by atoms with Crippen LogP contribution in [0, 0.1) is 11.5 Å². The van der Waals surface area contributed by atoms with Gasteiger partial charge in [-0.25, -0.2) is 0 Å². The van der Waals surface area contributed by atoms with Crippen LogP contribution in [0.1, 0.15) is 50.8 Å². The number of aliphatic hydroxyl groups is 1. The van der Waals surface area contributed by atoms with Crippen LogP contribution < -0.4 is 10.2 Å². The number of benzene rings is 1. The fourth-order valence-electron chi connectivity index (χ4n) is 4.32. The molecule has 0 spiro atoms. The second kappa shape index (κ2) is 12.0. The molecule has 3 rings (SSSR count). The first-order chi connectivity index (χ1) is 17.2. The lowest BCUT2D eigenvalue weighted by Gasteiger charge is -2.34. The SMILES string of the molecule is COCCCNC(=O)C(c1cccnc1)N(C(=O)C1CC(O)CN1C#N)c1ccc(C(C)(C)C)cc1. The number of amides is 2. The first-order valence-corrected chi connectivity index (χ1v) is 12.1. The van der Waals surface area contributed by atoms with Crippen LogP contribution >= 0.6 is 0 Å². The van der Waals surface area contributed by atoms with E-state index in [4.69, 9.17) is 4.74 Å². The molecule has 1 fully saturated rings. The number of carbonyl (C=O) groups excluding carboxylic acids is 2. The number of nitrogens with one attached hydrogen (secondary N) is 1. The Morgan fingerprint density at radius 2 is 2.03 bits per heavy atom. The summed E-state index contributed by atoms with van der Waals surface area (Å²) in [5, 5.41) is 22.7. The van der Waals surface area contributed by atoms with Crippen LogP contribution in [-0.4, -0.2) is 65.8 Å². The number of rotatable bonds is 9. The van der Waals surface area contributed by atoms with Crippen molar-refractivity contribution in [1.82, 2.24) is 15.2 Å². The number of β-amino-alcohol motifs (C(OH)–C–C–N with tert-alkyl or cyclic N) is 1. The largest absolute Gasteiger partial charge is 0.391 e. The fraction of sp³-hybridized carbons (Fsp3) is 0.481. The third-order valence-electron chi connectivity index (χ3n) is 6.27. The number of carbonyl (C=O) groups is 2. The number of hydrogen-bond acceptors (Lipinski definition) is 7. The molecule has 9 nitrogen and oxygen atoms in total. The summed E-state index contributed by atoms with van der Waals surface area (Å²) >= 11 is 0. The maximum absolute atomic E-state index is 14.0. The zero-order chi connectivity index (χ0) is 26.3. The van der Waals surface area contributed by atoms with Gasteiger partial charge >= 0.3 is 0 Å². The fourth-order valence-corrected chi connectivity index (χ4v) is 4.32. The molecule has 3 unspecified atom stereocenters. The van der Waals surface area contributed by atoms with Crippen LogP contribution in [0.25, 0.3) is 0 Å². The van der Waals surface area contributed by atoms with Crippen molar-refractivity contribution in [2.75, 3.05) is 31.7 Å². The Hall–Kier alpha value is -3.48. The Balaban J connectivity index is 2.08. The molecule has 2 heterocycles. The molecule has 1 aromatic heterocycles. The average molecular weight is 494 g/mol. The van der Waals surface area contributed by atoms with E-state index in [0.717, 1.165) is 5.56 Å². The number of nitriles is 1. The van der Waals surface area contributed by atoms with E-state index in [1.54, 1.807) is 31.6 Å². The minimum absolute atomic E-state index is 0.0739. The Bertz CT molecular complexity index is 1060. The van der Waals surface area contributed by atoms with E-state index in [-0.39, 0.29) is 24.3 Å². The summed E-state index contributed by atoms with van der Waals surface area (Å²) in [6, 6.07) is 9.09. The van der Waals surface area contributed by atoms with Crippen molar-refractivity contribution in [2.24, 2.45) is 0 Å². The molecule has 1 aromatic carbocycles. The number of methoxy groups -OCH3 is 1. The number of hydrogen-bond donors (Lipinski definition) is 2. The Morgan fingerprint density at radius 1 is 1.31 bits per heavy atom. The normalized spacial score (nSPS) is 18.4. The minimum atomic E-state index is -1.02. The van der Waals surface area contributed by atoms with Crippen molar-refractivity contribution in [1.29, 1.82) is 5.26 Å². The van der Waals surface area contributed by atoms with Gasteiger partial charge in [-0.15, -0.1) is 0 Å². The van der Waals surface area contributed by atoms with E-state index in [9.17, 15) is 20.0 Å². The lowest BCUT2D eigenvalue weighted by atomic mass is 9.87. The molecule has 3 atom stereocenters. The zero-order valence-electron chi connectivity index (χ0n) is 21.3. The van der Waals surface area contributed by atoms with Gasteiger partial charge in [0.25, 0.3) is 5.91 Å². The third kappa shape index (κ3) is 6.39. The maximum Gasteiger partial charge on any atom is 0.251 e. The molecule has 0 bridgehead atoms. The van der Waals surface area contributed by atoms with Crippen molar-refractivity contribution >= 4 is 17.5 Å². The van der Waals surface area contributed by atoms with Gasteiger partial charge in [-0.2, -0.15) is 5.26 Å². The summed E-state index contributed by atoms with van der Waals surface area (Å²) in [7, 11) is 1.60. The first-order valence-electron chi connectivity index (χ1n) is 12.1. The average Bonchev–Trinajstić information content (AvgIpc) is 3.25. The molecule has 2 amide bonds. The van der Waals surface area contributed by atoms with E-state index >= 15 is 0 Å². The second-order valence-electron chi connectivity index (χ2n) is 9.99. The van der Waals surface area contributed by atoms with Gasteiger partial charge in [0.05, 0.1) is 12.6 Å². The number of ether oxygens (including phenoxy) is 1. The smallest absolute Gasteiger partial charge is 0.251 e. The molecule has 1 aliphatic heterocycles. The standard InChI is InChI=1S/C27H35N5O4/c1-27(2,3)20-8-10-21(11-9-20)32(26(35)23-15-22(33)17-31(23)18-28)24(19-7-5-12-29-16-19)25(34)30-13-6-14-36-4/h5,7-12,16,22-24,33H,6,13-15,17H2,1-4H3,(H,30,34). The van der Waals surface area contributed by atoms with Crippen molar-refractivity contribution in [3.05, 3.63) is 59.9 Å². The highest BCUT2D eigenvalue weighted by atomic mass is 16.5. The van der Waals surface area contributed by atoms with Crippen LogP contribution in [-0.2, 0) is 19.7 Å². The van der Waals surface area contributed by atoms with E-state index < -0.39 is 24.1 Å². The van der Waals surface area contributed by atoms with E-state index in [1.165, 1.54) is 9.80 Å². The molecule has 2 aromatic rings. The molecule has 1 aliphatic rings. The van der Waals surface area contributed by atoms with Crippen LogP contribution in [0.4, 0.5) is 5.69 Å². The Morgan fingerprint density at radius 3 is 2.61 bits per heavy atom.